The van der Waals surface area contributed by atoms with Crippen molar-refractivity contribution in [1.29, 1.82) is 0 Å². The van der Waals surface area contributed by atoms with Crippen LogP contribution in [0.3, 0.4) is 0 Å². The van der Waals surface area contributed by atoms with E-state index < -0.39 is 10.8 Å². The van der Waals surface area contributed by atoms with Gasteiger partial charge in [-0.3, -0.25) is 4.21 Å². The average Bonchev–Trinajstić information content (AvgIpc) is 2.84. The first kappa shape index (κ1) is 21.3. The smallest absolute Gasteiger partial charge is 0.128 e. The fourth-order valence-corrected chi connectivity index (χ4v) is 4.42. The minimum atomic E-state index is -1.10. The van der Waals surface area contributed by atoms with Crippen molar-refractivity contribution in [2.24, 2.45) is 0 Å². The molecule has 4 aromatic rings. The van der Waals surface area contributed by atoms with Crippen LogP contribution in [-0.4, -0.2) is 35.7 Å². The van der Waals surface area contributed by atoms with Crippen molar-refractivity contribution < 1.29 is 4.21 Å². The van der Waals surface area contributed by atoms with Gasteiger partial charge in [0.1, 0.15) is 5.03 Å². The van der Waals surface area contributed by atoms with Crippen LogP contribution in [0, 0.1) is 0 Å². The first-order chi connectivity index (χ1) is 15.2. The number of rotatable bonds is 7. The fourth-order valence-electron chi connectivity index (χ4n) is 3.06. The third-order valence-electron chi connectivity index (χ3n) is 4.52. The van der Waals surface area contributed by atoms with Gasteiger partial charge in [-0.2, -0.15) is 0 Å². The Morgan fingerprint density at radius 1 is 0.645 bits per heavy atom. The summed E-state index contributed by atoms with van der Waals surface area (Å²) in [7, 11) is -1.10. The highest BCUT2D eigenvalue weighted by molar-refractivity contribution is 7.99. The SMILES string of the molecule is CCSc1cccc(-c2cccc(-c3cccc(-c4cccc(S(=O)CC)n4)n3)n2)n1. The summed E-state index contributed by atoms with van der Waals surface area (Å²) in [6.45, 7) is 3.99. The molecule has 31 heavy (non-hydrogen) atoms. The summed E-state index contributed by atoms with van der Waals surface area (Å²) in [5.41, 5.74) is 4.59. The first-order valence-electron chi connectivity index (χ1n) is 10.1. The van der Waals surface area contributed by atoms with Gasteiger partial charge >= 0.3 is 0 Å². The molecule has 4 rings (SSSR count). The van der Waals surface area contributed by atoms with E-state index in [0.29, 0.717) is 16.5 Å². The first-order valence-corrected chi connectivity index (χ1v) is 12.4. The molecule has 0 fully saturated rings. The van der Waals surface area contributed by atoms with Gasteiger partial charge < -0.3 is 0 Å². The zero-order valence-corrected chi connectivity index (χ0v) is 19.0. The van der Waals surface area contributed by atoms with Crippen molar-refractivity contribution in [2.45, 2.75) is 23.9 Å². The molecule has 0 N–H and O–H groups in total. The van der Waals surface area contributed by atoms with Crippen LogP contribution in [0.25, 0.3) is 34.2 Å². The number of thioether (sulfide) groups is 1. The normalized spacial score (nSPS) is 11.9. The van der Waals surface area contributed by atoms with Crippen LogP contribution in [0.2, 0.25) is 0 Å². The number of nitrogens with zero attached hydrogens (tertiary/aromatic N) is 4. The Kier molecular flexibility index (Phi) is 6.84. The molecule has 4 heterocycles. The van der Waals surface area contributed by atoms with Gasteiger partial charge in [0, 0.05) is 5.75 Å². The van der Waals surface area contributed by atoms with E-state index in [1.165, 1.54) is 0 Å². The Hall–Kier alpha value is -2.90. The molecular weight excluding hydrogens is 424 g/mol. The van der Waals surface area contributed by atoms with Crippen LogP contribution >= 0.6 is 11.8 Å². The van der Waals surface area contributed by atoms with E-state index >= 15 is 0 Å². The van der Waals surface area contributed by atoms with Gasteiger partial charge in [0.2, 0.25) is 0 Å². The third kappa shape index (κ3) is 5.06. The Bertz CT molecular complexity index is 1230. The van der Waals surface area contributed by atoms with E-state index in [4.69, 9.17) is 15.0 Å². The number of pyridine rings is 4. The van der Waals surface area contributed by atoms with E-state index in [9.17, 15) is 4.21 Å². The summed E-state index contributed by atoms with van der Waals surface area (Å²) >= 11 is 1.71. The molecule has 0 aliphatic carbocycles. The average molecular weight is 447 g/mol. The predicted octanol–water partition coefficient (Wildman–Crippen LogP) is 5.51. The van der Waals surface area contributed by atoms with Crippen molar-refractivity contribution in [2.75, 3.05) is 11.5 Å². The van der Waals surface area contributed by atoms with Crippen molar-refractivity contribution >= 4 is 22.6 Å². The van der Waals surface area contributed by atoms with Crippen LogP contribution in [0.5, 0.6) is 0 Å². The lowest BCUT2D eigenvalue weighted by Gasteiger charge is -2.08. The van der Waals surface area contributed by atoms with Gasteiger partial charge in [0.05, 0.1) is 50.0 Å². The largest absolute Gasteiger partial charge is 0.253 e. The van der Waals surface area contributed by atoms with Gasteiger partial charge in [-0.05, 0) is 54.3 Å². The summed E-state index contributed by atoms with van der Waals surface area (Å²) in [5.74, 6) is 1.51. The molecule has 0 aliphatic rings. The number of hydrogen-bond acceptors (Lipinski definition) is 6. The van der Waals surface area contributed by atoms with Crippen LogP contribution in [-0.2, 0) is 10.8 Å². The highest BCUT2D eigenvalue weighted by Crippen LogP contribution is 2.25. The van der Waals surface area contributed by atoms with E-state index in [0.717, 1.165) is 39.2 Å². The van der Waals surface area contributed by atoms with Crippen molar-refractivity contribution in [1.82, 2.24) is 19.9 Å². The lowest BCUT2D eigenvalue weighted by molar-refractivity contribution is 0.681. The molecule has 0 aliphatic heterocycles. The monoisotopic (exact) mass is 446 g/mol. The molecule has 0 amide bonds. The Labute approximate surface area is 188 Å². The molecular formula is C24H22N4OS2. The zero-order chi connectivity index (χ0) is 21.6. The molecule has 0 saturated heterocycles. The summed E-state index contributed by atoms with van der Waals surface area (Å²) in [6, 6.07) is 23.2. The standard InChI is InChI=1S/C24H22N4OS2/c1-3-30-23-15-7-13-21(27-23)19-11-5-9-17(25-19)18-10-6-12-20(26-18)22-14-8-16-24(28-22)31(29)4-2/h5-16H,3-4H2,1-2H3. The topological polar surface area (TPSA) is 68.6 Å². The van der Waals surface area contributed by atoms with E-state index in [1.54, 1.807) is 17.8 Å². The number of aromatic nitrogens is 4. The molecule has 156 valence electrons. The van der Waals surface area contributed by atoms with Gasteiger partial charge in [-0.25, -0.2) is 19.9 Å². The predicted molar refractivity (Wildman–Crippen MR) is 127 cm³/mol. The van der Waals surface area contributed by atoms with Crippen molar-refractivity contribution in [3.05, 3.63) is 72.8 Å². The molecule has 7 heteroatoms. The quantitative estimate of drug-likeness (QED) is 0.349. The van der Waals surface area contributed by atoms with Crippen molar-refractivity contribution in [3.8, 4) is 34.2 Å². The minimum absolute atomic E-state index is 0.534. The van der Waals surface area contributed by atoms with Crippen LogP contribution in [0.4, 0.5) is 0 Å². The molecule has 1 unspecified atom stereocenters. The lowest BCUT2D eigenvalue weighted by Crippen LogP contribution is -1.99. The minimum Gasteiger partial charge on any atom is -0.253 e. The van der Waals surface area contributed by atoms with E-state index in [2.05, 4.69) is 11.9 Å². The summed E-state index contributed by atoms with van der Waals surface area (Å²) in [5, 5.41) is 1.56. The maximum Gasteiger partial charge on any atom is 0.128 e. The summed E-state index contributed by atoms with van der Waals surface area (Å²) in [4.78, 5) is 18.8. The Balaban J connectivity index is 1.68. The molecule has 0 bridgehead atoms. The molecule has 0 aromatic carbocycles. The number of hydrogen-bond donors (Lipinski definition) is 0. The highest BCUT2D eigenvalue weighted by atomic mass is 32.2. The second kappa shape index (κ2) is 9.94. The van der Waals surface area contributed by atoms with Crippen LogP contribution in [0.15, 0.2) is 82.8 Å². The van der Waals surface area contributed by atoms with Gasteiger partial charge in [0.25, 0.3) is 0 Å². The van der Waals surface area contributed by atoms with E-state index in [-0.39, 0.29) is 0 Å². The van der Waals surface area contributed by atoms with Gasteiger partial charge in [-0.15, -0.1) is 11.8 Å². The Morgan fingerprint density at radius 2 is 1.10 bits per heavy atom. The summed E-state index contributed by atoms with van der Waals surface area (Å²) < 4.78 is 12.1. The van der Waals surface area contributed by atoms with Crippen LogP contribution in [0.1, 0.15) is 13.8 Å². The fraction of sp³-hybridized carbons (Fsp3) is 0.167. The molecule has 0 spiro atoms. The zero-order valence-electron chi connectivity index (χ0n) is 17.4. The molecule has 0 radical (unpaired) electrons. The molecule has 5 nitrogen and oxygen atoms in total. The van der Waals surface area contributed by atoms with E-state index in [1.807, 2.05) is 73.7 Å². The lowest BCUT2D eigenvalue weighted by atomic mass is 10.1. The third-order valence-corrected chi connectivity index (χ3v) is 6.55. The maximum absolute atomic E-state index is 12.1. The van der Waals surface area contributed by atoms with Gasteiger partial charge in [-0.1, -0.05) is 38.1 Å². The van der Waals surface area contributed by atoms with Crippen LogP contribution < -0.4 is 0 Å². The van der Waals surface area contributed by atoms with Crippen molar-refractivity contribution in [3.63, 3.8) is 0 Å². The molecule has 1 atom stereocenters. The molecule has 4 aromatic heterocycles. The highest BCUT2D eigenvalue weighted by Gasteiger charge is 2.10. The van der Waals surface area contributed by atoms with Gasteiger partial charge in [0.15, 0.2) is 0 Å². The summed E-state index contributed by atoms with van der Waals surface area (Å²) in [6.07, 6.45) is 0. The maximum atomic E-state index is 12.1. The second-order valence-corrected chi connectivity index (χ2v) is 9.58. The second-order valence-electron chi connectivity index (χ2n) is 6.61. The molecule has 0 saturated carbocycles. The Morgan fingerprint density at radius 3 is 1.61 bits per heavy atom.